The minimum atomic E-state index is -4.70. The first kappa shape index (κ1) is 25.3. The summed E-state index contributed by atoms with van der Waals surface area (Å²) < 4.78 is 57.3. The Kier molecular flexibility index (Phi) is 7.40. The lowest BCUT2D eigenvalue weighted by Crippen LogP contribution is -2.36. The van der Waals surface area contributed by atoms with Crippen LogP contribution in [0.15, 0.2) is 43.9 Å². The minimum absolute atomic E-state index is 0.126. The first-order chi connectivity index (χ1) is 17.3. The van der Waals surface area contributed by atoms with Gasteiger partial charge in [-0.25, -0.2) is 4.98 Å². The predicted octanol–water partition coefficient (Wildman–Crippen LogP) is 4.83. The normalized spacial score (nSPS) is 22.6. The number of hydrogen-bond donors (Lipinski definition) is 0. The molecular weight excluding hydrogens is 513 g/mol. The van der Waals surface area contributed by atoms with Crippen LogP contribution in [-0.4, -0.2) is 77.2 Å². The lowest BCUT2D eigenvalue weighted by atomic mass is 10.0. The number of para-hydroxylation sites is 2. The first-order valence-corrected chi connectivity index (χ1v) is 13.4. The van der Waals surface area contributed by atoms with E-state index in [9.17, 15) is 13.2 Å². The van der Waals surface area contributed by atoms with Crippen molar-refractivity contribution in [3.8, 4) is 5.75 Å². The summed E-state index contributed by atoms with van der Waals surface area (Å²) in [5.41, 5.74) is 1.31. The Morgan fingerprint density at radius 1 is 1.22 bits per heavy atom. The van der Waals surface area contributed by atoms with E-state index in [1.807, 2.05) is 18.9 Å². The van der Waals surface area contributed by atoms with Crippen LogP contribution in [-0.2, 0) is 0 Å². The molecule has 0 amide bonds. The fraction of sp³-hybridized carbons (Fsp3) is 0.522. The summed E-state index contributed by atoms with van der Waals surface area (Å²) in [4.78, 5) is 10.6. The van der Waals surface area contributed by atoms with Crippen LogP contribution in [0.1, 0.15) is 24.3 Å². The zero-order chi connectivity index (χ0) is 25.3. The van der Waals surface area contributed by atoms with E-state index in [1.54, 1.807) is 30.0 Å². The van der Waals surface area contributed by atoms with E-state index < -0.39 is 6.36 Å². The van der Waals surface area contributed by atoms with Crippen molar-refractivity contribution in [2.45, 2.75) is 32.2 Å². The van der Waals surface area contributed by atoms with E-state index in [-0.39, 0.29) is 11.8 Å². The molecule has 2 aromatic rings. The lowest BCUT2D eigenvalue weighted by molar-refractivity contribution is -0.274. The predicted molar refractivity (Wildman–Crippen MR) is 136 cm³/mol. The smallest absolute Gasteiger partial charge is 0.440 e. The molecule has 1 aromatic carbocycles. The van der Waals surface area contributed by atoms with Crippen LogP contribution in [0.25, 0.3) is 0 Å². The van der Waals surface area contributed by atoms with E-state index in [1.165, 1.54) is 12.5 Å². The molecule has 2 atom stereocenters. The van der Waals surface area contributed by atoms with Crippen LogP contribution < -0.4 is 9.64 Å². The number of oxazole rings is 1. The minimum Gasteiger partial charge on any atom is -0.440 e. The summed E-state index contributed by atoms with van der Waals surface area (Å²) in [5.74, 6) is 2.57. The van der Waals surface area contributed by atoms with Gasteiger partial charge in [0, 0.05) is 38.5 Å². The zero-order valence-electron chi connectivity index (χ0n) is 19.9. The zero-order valence-corrected chi connectivity index (χ0v) is 21.6. The number of halogens is 3. The van der Waals surface area contributed by atoms with Gasteiger partial charge in [0.1, 0.15) is 12.1 Å². The van der Waals surface area contributed by atoms with Crippen molar-refractivity contribution in [3.63, 3.8) is 0 Å². The van der Waals surface area contributed by atoms with Gasteiger partial charge in [0.25, 0.3) is 0 Å². The number of alkyl halides is 3. The average molecular weight is 541 g/mol. The number of hydrogen-bond acceptors (Lipinski definition) is 10. The third kappa shape index (κ3) is 5.47. The first-order valence-electron chi connectivity index (χ1n) is 11.7. The second-order valence-electron chi connectivity index (χ2n) is 8.98. The fourth-order valence-electron chi connectivity index (χ4n) is 5.03. The van der Waals surface area contributed by atoms with Crippen molar-refractivity contribution in [2.75, 3.05) is 43.9 Å². The number of nitrogens with zero attached hydrogens (tertiary/aromatic N) is 6. The van der Waals surface area contributed by atoms with E-state index in [2.05, 4.69) is 28.3 Å². The summed E-state index contributed by atoms with van der Waals surface area (Å²) in [7, 11) is 1.92. The SMILES string of the molecule is Cc1ncoc1C1=NSN=C(SCCCN2CC3CCN(c4ccccc4OC(F)(F)F)C3C2)N1C. The summed E-state index contributed by atoms with van der Waals surface area (Å²) in [5, 5.41) is 0.867. The number of ether oxygens (including phenoxy) is 1. The molecule has 2 saturated heterocycles. The molecule has 2 unspecified atom stereocenters. The van der Waals surface area contributed by atoms with Gasteiger partial charge < -0.3 is 23.9 Å². The Morgan fingerprint density at radius 2 is 2.06 bits per heavy atom. The maximum absolute atomic E-state index is 12.9. The van der Waals surface area contributed by atoms with Gasteiger partial charge in [0.15, 0.2) is 28.9 Å². The molecule has 0 saturated carbocycles. The van der Waals surface area contributed by atoms with E-state index >= 15 is 0 Å². The van der Waals surface area contributed by atoms with E-state index in [4.69, 9.17) is 4.42 Å². The Labute approximate surface area is 216 Å². The Hall–Kier alpha value is -2.38. The Balaban J connectivity index is 1.12. The Morgan fingerprint density at radius 3 is 2.83 bits per heavy atom. The van der Waals surface area contributed by atoms with Gasteiger partial charge in [-0.15, -0.1) is 13.2 Å². The highest BCUT2D eigenvalue weighted by atomic mass is 32.2. The van der Waals surface area contributed by atoms with Crippen LogP contribution >= 0.6 is 23.9 Å². The number of rotatable bonds is 7. The van der Waals surface area contributed by atoms with Gasteiger partial charge in [0.05, 0.1) is 11.4 Å². The number of thioether (sulfide) groups is 1. The van der Waals surface area contributed by atoms with Gasteiger partial charge in [0.2, 0.25) is 0 Å². The molecule has 13 heteroatoms. The molecule has 0 bridgehead atoms. The molecule has 0 N–H and O–H groups in total. The molecule has 3 aliphatic heterocycles. The molecule has 0 aliphatic carbocycles. The Bertz CT molecular complexity index is 1140. The lowest BCUT2D eigenvalue weighted by Gasteiger charge is -2.29. The number of amidine groups is 2. The molecule has 194 valence electrons. The van der Waals surface area contributed by atoms with Crippen molar-refractivity contribution < 1.29 is 22.3 Å². The molecule has 2 fully saturated rings. The molecule has 8 nitrogen and oxygen atoms in total. The number of aryl methyl sites for hydroxylation is 1. The molecule has 0 spiro atoms. The molecule has 5 rings (SSSR count). The molecule has 1 aromatic heterocycles. The third-order valence-corrected chi connectivity index (χ3v) is 8.41. The summed E-state index contributed by atoms with van der Waals surface area (Å²) in [6, 6.07) is 6.65. The van der Waals surface area contributed by atoms with Crippen molar-refractivity contribution >= 4 is 40.6 Å². The van der Waals surface area contributed by atoms with Crippen LogP contribution in [0, 0.1) is 12.8 Å². The quantitative estimate of drug-likeness (QED) is 0.366. The van der Waals surface area contributed by atoms with Crippen LogP contribution in [0.3, 0.4) is 0 Å². The number of likely N-dealkylation sites (tertiary alicyclic amines) is 1. The molecule has 36 heavy (non-hydrogen) atoms. The monoisotopic (exact) mass is 540 g/mol. The highest BCUT2D eigenvalue weighted by Gasteiger charge is 2.42. The van der Waals surface area contributed by atoms with Gasteiger partial charge in [-0.05, 0) is 44.4 Å². The highest BCUT2D eigenvalue weighted by Crippen LogP contribution is 2.40. The summed E-state index contributed by atoms with van der Waals surface area (Å²) >= 11 is 2.82. The molecule has 4 heterocycles. The van der Waals surface area contributed by atoms with Crippen molar-refractivity contribution in [1.29, 1.82) is 0 Å². The number of aromatic nitrogens is 1. The largest absolute Gasteiger partial charge is 0.573 e. The second-order valence-corrected chi connectivity index (χ2v) is 10.6. The number of benzene rings is 1. The van der Waals surface area contributed by atoms with Crippen molar-refractivity contribution in [2.24, 2.45) is 14.7 Å². The van der Waals surface area contributed by atoms with Crippen LogP contribution in [0.4, 0.5) is 18.9 Å². The summed E-state index contributed by atoms with van der Waals surface area (Å²) in [6.07, 6.45) is -1.34. The number of fused-ring (bicyclic) bond motifs is 1. The number of anilines is 1. The van der Waals surface area contributed by atoms with Gasteiger partial charge in [-0.2, -0.15) is 8.80 Å². The maximum atomic E-state index is 12.9. The van der Waals surface area contributed by atoms with Crippen LogP contribution in [0.5, 0.6) is 5.75 Å². The average Bonchev–Trinajstić information content (AvgIpc) is 3.53. The maximum Gasteiger partial charge on any atom is 0.573 e. The van der Waals surface area contributed by atoms with Crippen molar-refractivity contribution in [1.82, 2.24) is 14.8 Å². The summed E-state index contributed by atoms with van der Waals surface area (Å²) in [6.45, 7) is 5.36. The fourth-order valence-corrected chi connectivity index (χ4v) is 6.59. The molecule has 0 radical (unpaired) electrons. The highest BCUT2D eigenvalue weighted by molar-refractivity contribution is 8.14. The van der Waals surface area contributed by atoms with Gasteiger partial charge in [-0.1, -0.05) is 23.9 Å². The van der Waals surface area contributed by atoms with E-state index in [0.29, 0.717) is 23.2 Å². The topological polar surface area (TPSA) is 69.7 Å². The van der Waals surface area contributed by atoms with E-state index in [0.717, 1.165) is 67.8 Å². The van der Waals surface area contributed by atoms with Crippen LogP contribution in [0.2, 0.25) is 0 Å². The standard InChI is InChI=1S/C23H27F3N6O2S2/c1-15-20(33-14-27-15)21-28-36-29-22(30(21)2)35-11-5-9-31-12-16-8-10-32(18(16)13-31)17-6-3-4-7-19(17)34-23(24,25)26/h3-4,6-7,14,16,18H,5,8-13H2,1-2H3. The molecular formula is C23H27F3N6O2S2. The van der Waals surface area contributed by atoms with Gasteiger partial charge >= 0.3 is 6.36 Å². The molecule has 3 aliphatic rings. The van der Waals surface area contributed by atoms with Crippen molar-refractivity contribution in [3.05, 3.63) is 42.1 Å². The second kappa shape index (κ2) is 10.5. The third-order valence-electron chi connectivity index (χ3n) is 6.67. The van der Waals surface area contributed by atoms with Gasteiger partial charge in [-0.3, -0.25) is 0 Å².